The summed E-state index contributed by atoms with van der Waals surface area (Å²) in [7, 11) is 0. The molecule has 6 nitrogen and oxygen atoms in total. The molecule has 6 heteroatoms. The summed E-state index contributed by atoms with van der Waals surface area (Å²) >= 11 is 0. The van der Waals surface area contributed by atoms with Gasteiger partial charge in [0.15, 0.2) is 6.54 Å². The fraction of sp³-hybridized carbons (Fsp3) is 0.417. The minimum Gasteiger partial charge on any atom is -0.324 e. The number of amides is 2. The van der Waals surface area contributed by atoms with Crippen molar-refractivity contribution in [3.05, 3.63) is 59.7 Å². The minimum absolute atomic E-state index is 0.0361. The first-order valence-corrected chi connectivity index (χ1v) is 10.9. The Balaban J connectivity index is 1.38. The van der Waals surface area contributed by atoms with Crippen LogP contribution in [0.25, 0.3) is 0 Å². The molecular formula is C24H32N4O2+2. The second-order valence-electron chi connectivity index (χ2n) is 8.66. The second kappa shape index (κ2) is 8.98. The molecule has 0 aliphatic carbocycles. The maximum absolute atomic E-state index is 13.3. The number of rotatable bonds is 4. The molecule has 2 heterocycles. The van der Waals surface area contributed by atoms with Crippen molar-refractivity contribution < 1.29 is 19.4 Å². The van der Waals surface area contributed by atoms with Crippen LogP contribution in [0, 0.1) is 6.92 Å². The van der Waals surface area contributed by atoms with Crippen LogP contribution in [0.5, 0.6) is 0 Å². The molecule has 158 valence electrons. The van der Waals surface area contributed by atoms with E-state index >= 15 is 0 Å². The molecule has 0 saturated carbocycles. The van der Waals surface area contributed by atoms with Gasteiger partial charge in [-0.2, -0.15) is 0 Å². The highest BCUT2D eigenvalue weighted by Crippen LogP contribution is 2.31. The van der Waals surface area contributed by atoms with Crippen molar-refractivity contribution >= 4 is 23.2 Å². The Hall–Kier alpha value is -2.70. The van der Waals surface area contributed by atoms with Gasteiger partial charge in [0, 0.05) is 18.0 Å². The highest BCUT2D eigenvalue weighted by atomic mass is 16.2. The largest absolute Gasteiger partial charge is 0.324 e. The van der Waals surface area contributed by atoms with E-state index in [-0.39, 0.29) is 17.9 Å². The van der Waals surface area contributed by atoms with Crippen molar-refractivity contribution in [1.82, 2.24) is 0 Å². The third-order valence-corrected chi connectivity index (χ3v) is 6.40. The number of anilines is 2. The Morgan fingerprint density at radius 2 is 1.70 bits per heavy atom. The Bertz CT molecular complexity index is 921. The molecule has 1 saturated heterocycles. The Morgan fingerprint density at radius 1 is 1.03 bits per heavy atom. The first-order valence-electron chi connectivity index (χ1n) is 10.9. The SMILES string of the molecule is Cc1ccccc1C[NH+]1CC[NH+](CC(=O)N2c3ccccc3NC(=O)C[C@@H]2C)CC1. The summed E-state index contributed by atoms with van der Waals surface area (Å²) in [6, 6.07) is 16.1. The number of benzene rings is 2. The van der Waals surface area contributed by atoms with Gasteiger partial charge in [-0.25, -0.2) is 0 Å². The van der Waals surface area contributed by atoms with E-state index in [1.54, 1.807) is 4.90 Å². The van der Waals surface area contributed by atoms with E-state index in [1.807, 2.05) is 36.1 Å². The highest BCUT2D eigenvalue weighted by molar-refractivity contribution is 6.04. The van der Waals surface area contributed by atoms with E-state index in [1.165, 1.54) is 16.0 Å². The molecule has 1 atom stereocenters. The van der Waals surface area contributed by atoms with Gasteiger partial charge in [-0.15, -0.1) is 0 Å². The van der Waals surface area contributed by atoms with Crippen molar-refractivity contribution in [3.63, 3.8) is 0 Å². The summed E-state index contributed by atoms with van der Waals surface area (Å²) in [6.07, 6.45) is 0.324. The molecule has 30 heavy (non-hydrogen) atoms. The lowest BCUT2D eigenvalue weighted by atomic mass is 10.1. The topological polar surface area (TPSA) is 58.3 Å². The van der Waals surface area contributed by atoms with Gasteiger partial charge < -0.3 is 20.0 Å². The molecule has 1 fully saturated rings. The summed E-state index contributed by atoms with van der Waals surface area (Å²) in [4.78, 5) is 30.2. The molecule has 0 radical (unpaired) electrons. The summed E-state index contributed by atoms with van der Waals surface area (Å²) in [5.74, 6) is 0.0646. The number of carbonyl (C=O) groups is 2. The fourth-order valence-electron chi connectivity index (χ4n) is 4.66. The lowest BCUT2D eigenvalue weighted by Gasteiger charge is -2.32. The van der Waals surface area contributed by atoms with Crippen LogP contribution in [0.1, 0.15) is 24.5 Å². The number of hydrogen-bond acceptors (Lipinski definition) is 2. The van der Waals surface area contributed by atoms with Crippen molar-refractivity contribution in [2.24, 2.45) is 0 Å². The molecule has 0 unspecified atom stereocenters. The fourth-order valence-corrected chi connectivity index (χ4v) is 4.66. The van der Waals surface area contributed by atoms with Crippen molar-refractivity contribution in [2.75, 3.05) is 42.9 Å². The maximum atomic E-state index is 13.3. The normalized spacial score (nSPS) is 24.0. The molecule has 2 aromatic rings. The van der Waals surface area contributed by atoms with E-state index in [0.29, 0.717) is 13.0 Å². The van der Waals surface area contributed by atoms with E-state index in [2.05, 4.69) is 36.5 Å². The lowest BCUT2D eigenvalue weighted by Crippen LogP contribution is -3.28. The summed E-state index contributed by atoms with van der Waals surface area (Å²) < 4.78 is 0. The highest BCUT2D eigenvalue weighted by Gasteiger charge is 2.33. The number of piperazine rings is 1. The van der Waals surface area contributed by atoms with Crippen molar-refractivity contribution in [3.8, 4) is 0 Å². The third-order valence-electron chi connectivity index (χ3n) is 6.40. The van der Waals surface area contributed by atoms with Crippen LogP contribution in [-0.4, -0.2) is 50.6 Å². The quantitative estimate of drug-likeness (QED) is 0.669. The standard InChI is InChI=1S/C24H30N4O2/c1-18-7-3-4-8-20(18)16-26-11-13-27(14-12-26)17-24(30)28-19(2)15-23(29)25-21-9-5-6-10-22(21)28/h3-10,19H,11-17H2,1-2H3,(H,25,29)/p+2/t19-/m0/s1. The average Bonchev–Trinajstić information content (AvgIpc) is 2.85. The van der Waals surface area contributed by atoms with Crippen LogP contribution in [0.3, 0.4) is 0 Å². The van der Waals surface area contributed by atoms with Gasteiger partial charge in [0.25, 0.3) is 5.91 Å². The Morgan fingerprint density at radius 3 is 2.47 bits per heavy atom. The number of nitrogens with one attached hydrogen (secondary N) is 3. The predicted octanol–water partition coefficient (Wildman–Crippen LogP) is 0.0423. The molecule has 2 aliphatic rings. The average molecular weight is 409 g/mol. The van der Waals surface area contributed by atoms with Gasteiger partial charge >= 0.3 is 0 Å². The number of nitrogens with zero attached hydrogens (tertiary/aromatic N) is 1. The van der Waals surface area contributed by atoms with Crippen LogP contribution in [0.15, 0.2) is 48.5 Å². The van der Waals surface area contributed by atoms with E-state index in [4.69, 9.17) is 0 Å². The number of para-hydroxylation sites is 2. The third kappa shape index (κ3) is 4.55. The zero-order valence-corrected chi connectivity index (χ0v) is 17.9. The van der Waals surface area contributed by atoms with Gasteiger partial charge in [0.1, 0.15) is 32.7 Å². The monoisotopic (exact) mass is 408 g/mol. The number of hydrogen-bond donors (Lipinski definition) is 3. The minimum atomic E-state index is -0.145. The van der Waals surface area contributed by atoms with Crippen LogP contribution in [0.4, 0.5) is 11.4 Å². The van der Waals surface area contributed by atoms with Crippen LogP contribution < -0.4 is 20.0 Å². The zero-order chi connectivity index (χ0) is 21.1. The first-order chi connectivity index (χ1) is 14.5. The van der Waals surface area contributed by atoms with Gasteiger partial charge in [-0.05, 0) is 31.5 Å². The molecule has 2 aliphatic heterocycles. The van der Waals surface area contributed by atoms with Gasteiger partial charge in [0.2, 0.25) is 5.91 Å². The van der Waals surface area contributed by atoms with E-state index in [0.717, 1.165) is 44.1 Å². The van der Waals surface area contributed by atoms with Crippen molar-refractivity contribution in [2.45, 2.75) is 32.9 Å². The summed E-state index contributed by atoms with van der Waals surface area (Å²) in [5.41, 5.74) is 4.30. The van der Waals surface area contributed by atoms with Gasteiger partial charge in [0.05, 0.1) is 11.4 Å². The smallest absolute Gasteiger partial charge is 0.282 e. The zero-order valence-electron chi connectivity index (χ0n) is 17.9. The summed E-state index contributed by atoms with van der Waals surface area (Å²) in [5, 5.41) is 2.93. The maximum Gasteiger partial charge on any atom is 0.282 e. The van der Waals surface area contributed by atoms with Crippen LogP contribution in [-0.2, 0) is 16.1 Å². The lowest BCUT2D eigenvalue weighted by molar-refractivity contribution is -1.02. The second-order valence-corrected chi connectivity index (χ2v) is 8.66. The first kappa shape index (κ1) is 20.6. The summed E-state index contributed by atoms with van der Waals surface area (Å²) in [6.45, 7) is 9.80. The Kier molecular flexibility index (Phi) is 6.16. The van der Waals surface area contributed by atoms with Gasteiger partial charge in [-0.1, -0.05) is 36.4 Å². The Labute approximate surface area is 178 Å². The number of aryl methyl sites for hydroxylation is 1. The molecule has 2 amide bonds. The molecule has 2 aromatic carbocycles. The molecule has 4 rings (SSSR count). The van der Waals surface area contributed by atoms with Crippen LogP contribution >= 0.6 is 0 Å². The molecular weight excluding hydrogens is 376 g/mol. The number of carbonyl (C=O) groups excluding carboxylic acids is 2. The number of quaternary nitrogens is 2. The van der Waals surface area contributed by atoms with Gasteiger partial charge in [-0.3, -0.25) is 9.59 Å². The predicted molar refractivity (Wildman–Crippen MR) is 118 cm³/mol. The number of fused-ring (bicyclic) bond motifs is 1. The molecule has 0 spiro atoms. The molecule has 0 bridgehead atoms. The molecule has 0 aromatic heterocycles. The molecule has 3 N–H and O–H groups in total. The van der Waals surface area contributed by atoms with Crippen LogP contribution in [0.2, 0.25) is 0 Å². The van der Waals surface area contributed by atoms with E-state index in [9.17, 15) is 9.59 Å². The van der Waals surface area contributed by atoms with E-state index < -0.39 is 0 Å². The van der Waals surface area contributed by atoms with Crippen molar-refractivity contribution in [1.29, 1.82) is 0 Å².